The van der Waals surface area contributed by atoms with Gasteiger partial charge in [0.1, 0.15) is 18.3 Å². The first-order valence-electron chi connectivity index (χ1n) is 19.4. The van der Waals surface area contributed by atoms with Crippen molar-refractivity contribution in [1.29, 1.82) is 0 Å². The molecule has 14 atom stereocenters. The first kappa shape index (κ1) is 35.4. The van der Waals surface area contributed by atoms with Gasteiger partial charge in [-0.1, -0.05) is 41.5 Å². The van der Waals surface area contributed by atoms with E-state index in [0.29, 0.717) is 24.4 Å². The van der Waals surface area contributed by atoms with Gasteiger partial charge in [0.15, 0.2) is 0 Å². The van der Waals surface area contributed by atoms with Crippen LogP contribution in [-0.2, 0) is 14.2 Å². The van der Waals surface area contributed by atoms with E-state index < -0.39 is 29.5 Å². The van der Waals surface area contributed by atoms with E-state index in [0.717, 1.165) is 51.6 Å². The van der Waals surface area contributed by atoms with E-state index >= 15 is 0 Å². The fraction of sp³-hybridized carbons (Fsp3) is 0.974. The van der Waals surface area contributed by atoms with Gasteiger partial charge < -0.3 is 40.0 Å². The topological polar surface area (TPSA) is 113 Å². The van der Waals surface area contributed by atoms with Crippen molar-refractivity contribution in [3.8, 4) is 0 Å². The minimum atomic E-state index is -1.06. The molecular weight excluding hydrogens is 606 g/mol. The van der Waals surface area contributed by atoms with E-state index in [-0.39, 0.29) is 57.3 Å². The number of likely N-dealkylation sites (N-methyl/N-ethyl adjacent to an activating group) is 2. The Morgan fingerprint density at radius 2 is 1.69 bits per heavy atom. The van der Waals surface area contributed by atoms with Gasteiger partial charge in [0.25, 0.3) is 0 Å². The molecule has 0 aromatic carbocycles. The summed E-state index contributed by atoms with van der Waals surface area (Å²) >= 11 is 0. The number of ether oxygens (including phenoxy) is 3. The third-order valence-electron chi connectivity index (χ3n) is 17.2. The quantitative estimate of drug-likeness (QED) is 0.300. The number of amides is 1. The number of alkyl carbamates (subject to hydrolysis) is 1. The van der Waals surface area contributed by atoms with E-state index in [4.69, 9.17) is 14.2 Å². The number of carbonyl (C=O) groups is 1. The molecule has 7 fully saturated rings. The average molecular weight is 674 g/mol. The monoisotopic (exact) mass is 674 g/mol. The SMILES string of the molecule is CCOC(C1CC(C)C2(NC)C(O1)C(O)C1(C)C3CCC4C(C)(C)C(OC(=O)NC5CN(C)C5)CCC45C(C)C35CCC12C)C(C)(C)O. The molecule has 2 heterocycles. The third kappa shape index (κ3) is 4.09. The molecule has 7 rings (SSSR count). The summed E-state index contributed by atoms with van der Waals surface area (Å²) in [6, 6.07) is 0.185. The number of rotatable bonds is 7. The van der Waals surface area contributed by atoms with Crippen LogP contribution in [0.2, 0.25) is 0 Å². The van der Waals surface area contributed by atoms with Crippen LogP contribution in [-0.4, -0.2) is 103 Å². The zero-order valence-electron chi connectivity index (χ0n) is 31.8. The molecule has 274 valence electrons. The first-order chi connectivity index (χ1) is 22.3. The van der Waals surface area contributed by atoms with Crippen LogP contribution in [0.4, 0.5) is 4.79 Å². The molecule has 2 saturated heterocycles. The zero-order chi connectivity index (χ0) is 35.0. The third-order valence-corrected chi connectivity index (χ3v) is 17.2. The number of aliphatic hydroxyl groups excluding tert-OH is 1. The van der Waals surface area contributed by atoms with Gasteiger partial charge in [-0.05, 0) is 120 Å². The number of aliphatic hydroxyl groups is 2. The van der Waals surface area contributed by atoms with Crippen molar-refractivity contribution >= 4 is 6.09 Å². The molecule has 14 unspecified atom stereocenters. The average Bonchev–Trinajstić information content (AvgIpc) is 3.47. The smallest absolute Gasteiger partial charge is 0.407 e. The Hall–Kier alpha value is -0.970. The molecule has 9 heteroatoms. The highest BCUT2D eigenvalue weighted by molar-refractivity contribution is 5.68. The molecule has 2 spiro atoms. The lowest BCUT2D eigenvalue weighted by atomic mass is 9.40. The number of nitrogens with one attached hydrogen (secondary N) is 2. The van der Waals surface area contributed by atoms with Crippen molar-refractivity contribution < 1.29 is 29.2 Å². The normalized spacial score (nSPS) is 51.7. The van der Waals surface area contributed by atoms with Gasteiger partial charge in [-0.2, -0.15) is 0 Å². The molecule has 0 aromatic heterocycles. The fourth-order valence-electron chi connectivity index (χ4n) is 15.2. The predicted octanol–water partition coefficient (Wildman–Crippen LogP) is 4.97. The van der Waals surface area contributed by atoms with Crippen LogP contribution in [0.3, 0.4) is 0 Å². The minimum Gasteiger partial charge on any atom is -0.446 e. The Morgan fingerprint density at radius 1 is 1.04 bits per heavy atom. The van der Waals surface area contributed by atoms with E-state index in [1.54, 1.807) is 0 Å². The number of nitrogens with zero attached hydrogens (tertiary/aromatic N) is 1. The second kappa shape index (κ2) is 11.0. The van der Waals surface area contributed by atoms with Crippen LogP contribution in [0.5, 0.6) is 0 Å². The van der Waals surface area contributed by atoms with Crippen molar-refractivity contribution in [2.75, 3.05) is 33.8 Å². The highest BCUT2D eigenvalue weighted by Gasteiger charge is 2.89. The summed E-state index contributed by atoms with van der Waals surface area (Å²) in [6.07, 6.45) is 4.97. The van der Waals surface area contributed by atoms with Crippen molar-refractivity contribution in [1.82, 2.24) is 15.5 Å². The lowest BCUT2D eigenvalue weighted by Crippen LogP contribution is -2.71. The van der Waals surface area contributed by atoms with Crippen LogP contribution < -0.4 is 10.6 Å². The van der Waals surface area contributed by atoms with Crippen molar-refractivity contribution in [3.63, 3.8) is 0 Å². The Bertz CT molecular complexity index is 1280. The van der Waals surface area contributed by atoms with Crippen molar-refractivity contribution in [2.45, 2.75) is 155 Å². The van der Waals surface area contributed by atoms with E-state index in [9.17, 15) is 15.0 Å². The summed E-state index contributed by atoms with van der Waals surface area (Å²) < 4.78 is 19.5. The van der Waals surface area contributed by atoms with Crippen molar-refractivity contribution in [3.05, 3.63) is 0 Å². The number of fused-ring (bicyclic) bond motifs is 4. The van der Waals surface area contributed by atoms with E-state index in [1.165, 1.54) is 6.42 Å². The molecule has 1 amide bonds. The highest BCUT2D eigenvalue weighted by Crippen LogP contribution is 2.91. The van der Waals surface area contributed by atoms with Gasteiger partial charge in [-0.25, -0.2) is 4.79 Å². The standard InChI is InChI=1S/C39H67N3O6/c1-12-46-30(34(6,7)45)25-19-22(2)39(40-10)31(47-25)29(43)36(9)27-14-13-26-33(4,5)28(48-32(44)41-24-20-42(11)21-24)15-16-37(26)23(3)38(27,37)18-17-35(36,39)8/h22-31,40,43,45H,12-21H2,1-11H3,(H,41,44). The molecule has 9 nitrogen and oxygen atoms in total. The summed E-state index contributed by atoms with van der Waals surface area (Å²) in [5, 5.41) is 31.0. The number of carbonyl (C=O) groups excluding carboxylic acids is 1. The molecule has 2 aliphatic heterocycles. The molecule has 0 radical (unpaired) electrons. The van der Waals surface area contributed by atoms with Gasteiger partial charge in [-0.15, -0.1) is 0 Å². The van der Waals surface area contributed by atoms with Gasteiger partial charge in [0.05, 0.1) is 29.4 Å². The lowest BCUT2D eigenvalue weighted by molar-refractivity contribution is -0.225. The van der Waals surface area contributed by atoms with Crippen LogP contribution in [0.1, 0.15) is 107 Å². The van der Waals surface area contributed by atoms with Crippen LogP contribution >= 0.6 is 0 Å². The highest BCUT2D eigenvalue weighted by atomic mass is 16.6. The molecule has 5 saturated carbocycles. The molecular formula is C39H67N3O6. The molecule has 7 aliphatic rings. The molecule has 4 N–H and O–H groups in total. The molecule has 0 aromatic rings. The Labute approximate surface area is 290 Å². The van der Waals surface area contributed by atoms with Gasteiger partial charge in [0.2, 0.25) is 0 Å². The Balaban J connectivity index is 1.19. The second-order valence-electron chi connectivity index (χ2n) is 19.2. The van der Waals surface area contributed by atoms with Gasteiger partial charge >= 0.3 is 6.09 Å². The fourth-order valence-corrected chi connectivity index (χ4v) is 15.2. The van der Waals surface area contributed by atoms with Gasteiger partial charge in [-0.3, -0.25) is 0 Å². The molecule has 0 bridgehead atoms. The summed E-state index contributed by atoms with van der Waals surface area (Å²) in [6.45, 7) is 22.3. The van der Waals surface area contributed by atoms with Gasteiger partial charge in [0, 0.05) is 30.5 Å². The predicted molar refractivity (Wildman–Crippen MR) is 185 cm³/mol. The minimum absolute atomic E-state index is 0.0930. The number of hydrogen-bond acceptors (Lipinski definition) is 8. The summed E-state index contributed by atoms with van der Waals surface area (Å²) in [7, 11) is 4.15. The summed E-state index contributed by atoms with van der Waals surface area (Å²) in [4.78, 5) is 15.2. The number of likely N-dealkylation sites (tertiary alicyclic amines) is 1. The van der Waals surface area contributed by atoms with Crippen LogP contribution in [0, 0.1) is 50.7 Å². The maximum absolute atomic E-state index is 13.0. The van der Waals surface area contributed by atoms with Crippen LogP contribution in [0.15, 0.2) is 0 Å². The summed E-state index contributed by atoms with van der Waals surface area (Å²) in [5.74, 6) is 1.63. The van der Waals surface area contributed by atoms with E-state index in [1.807, 2.05) is 20.8 Å². The molecule has 5 aliphatic carbocycles. The maximum atomic E-state index is 13.0. The maximum Gasteiger partial charge on any atom is 0.407 e. The zero-order valence-corrected chi connectivity index (χ0v) is 31.8. The molecule has 48 heavy (non-hydrogen) atoms. The second-order valence-corrected chi connectivity index (χ2v) is 19.2. The van der Waals surface area contributed by atoms with Crippen molar-refractivity contribution in [2.24, 2.45) is 50.7 Å². The Morgan fingerprint density at radius 3 is 2.29 bits per heavy atom. The largest absolute Gasteiger partial charge is 0.446 e. The number of hydrogen-bond donors (Lipinski definition) is 4. The first-order valence-corrected chi connectivity index (χ1v) is 19.4. The Kier molecular flexibility index (Phi) is 8.14. The van der Waals surface area contributed by atoms with Crippen LogP contribution in [0.25, 0.3) is 0 Å². The lowest BCUT2D eigenvalue weighted by Gasteiger charge is -2.65. The van der Waals surface area contributed by atoms with E-state index in [2.05, 4.69) is 71.2 Å². The summed E-state index contributed by atoms with van der Waals surface area (Å²) in [5.41, 5.74) is -1.76.